The number of nitrogens with zero attached hydrogens (tertiary/aromatic N) is 1. The van der Waals surface area contributed by atoms with Crippen LogP contribution in [0.3, 0.4) is 0 Å². The van der Waals surface area contributed by atoms with Gasteiger partial charge >= 0.3 is 0 Å². The number of carbonyl (C=O) groups excluding carboxylic acids is 2. The van der Waals surface area contributed by atoms with E-state index >= 15 is 0 Å². The molecular weight excluding hydrogens is 435 g/mol. The second kappa shape index (κ2) is 12.6. The maximum atomic E-state index is 13.1. The van der Waals surface area contributed by atoms with Gasteiger partial charge in [0, 0.05) is 13.1 Å². The summed E-state index contributed by atoms with van der Waals surface area (Å²) in [6, 6.07) is 12.1. The number of hydrogen-bond acceptors (Lipinski definition) is 3. The first-order chi connectivity index (χ1) is 14.8. The normalized spacial score (nSPS) is 11.6. The maximum absolute atomic E-state index is 13.1. The van der Waals surface area contributed by atoms with Crippen LogP contribution in [0, 0.1) is 6.92 Å². The fourth-order valence-electron chi connectivity index (χ4n) is 3.12. The number of benzene rings is 2. The van der Waals surface area contributed by atoms with E-state index in [0.717, 1.165) is 24.0 Å². The number of carbonyl (C=O) groups is 2. The molecule has 0 fully saturated rings. The standard InChI is InChI=1S/C24H30Cl2N2O3/c1-4-6-13-27-24(30)22(5-2)28(15-18-9-12-20(25)21(26)14-18)23(29)16-31-19-10-7-17(3)8-11-19/h7-12,14,22H,4-6,13,15-16H2,1-3H3,(H,27,30). The summed E-state index contributed by atoms with van der Waals surface area (Å²) in [4.78, 5) is 27.5. The zero-order chi connectivity index (χ0) is 22.8. The van der Waals surface area contributed by atoms with E-state index in [2.05, 4.69) is 12.2 Å². The quantitative estimate of drug-likeness (QED) is 0.452. The molecule has 0 saturated heterocycles. The molecule has 1 N–H and O–H groups in total. The molecule has 1 unspecified atom stereocenters. The van der Waals surface area contributed by atoms with E-state index in [4.69, 9.17) is 27.9 Å². The number of ether oxygens (including phenoxy) is 1. The van der Waals surface area contributed by atoms with Gasteiger partial charge in [-0.1, -0.05) is 67.2 Å². The Morgan fingerprint density at radius 3 is 2.39 bits per heavy atom. The summed E-state index contributed by atoms with van der Waals surface area (Å²) in [5, 5.41) is 3.78. The van der Waals surface area contributed by atoms with Crippen LogP contribution in [0.2, 0.25) is 10.0 Å². The van der Waals surface area contributed by atoms with Crippen molar-refractivity contribution in [2.75, 3.05) is 13.2 Å². The largest absolute Gasteiger partial charge is 0.484 e. The molecule has 0 aromatic heterocycles. The van der Waals surface area contributed by atoms with Crippen LogP contribution in [0.25, 0.3) is 0 Å². The van der Waals surface area contributed by atoms with Crippen molar-refractivity contribution in [1.29, 1.82) is 0 Å². The molecule has 2 aromatic rings. The third kappa shape index (κ3) is 7.75. The number of halogens is 2. The van der Waals surface area contributed by atoms with Crippen LogP contribution < -0.4 is 10.1 Å². The molecule has 2 amide bonds. The highest BCUT2D eigenvalue weighted by Gasteiger charge is 2.29. The lowest BCUT2D eigenvalue weighted by Crippen LogP contribution is -2.50. The molecule has 2 aromatic carbocycles. The minimum atomic E-state index is -0.611. The molecular formula is C24H30Cl2N2O3. The minimum absolute atomic E-state index is 0.164. The van der Waals surface area contributed by atoms with Gasteiger partial charge in [-0.3, -0.25) is 9.59 Å². The molecule has 0 aliphatic heterocycles. The number of amides is 2. The van der Waals surface area contributed by atoms with Crippen LogP contribution in [0.1, 0.15) is 44.2 Å². The summed E-state index contributed by atoms with van der Waals surface area (Å²) in [5.41, 5.74) is 1.90. The summed E-state index contributed by atoms with van der Waals surface area (Å²) < 4.78 is 5.69. The monoisotopic (exact) mass is 464 g/mol. The SMILES string of the molecule is CCCCNC(=O)C(CC)N(Cc1ccc(Cl)c(Cl)c1)C(=O)COc1ccc(C)cc1. The molecule has 0 heterocycles. The van der Waals surface area contributed by atoms with Crippen LogP contribution in [-0.2, 0) is 16.1 Å². The Bertz CT molecular complexity index is 872. The van der Waals surface area contributed by atoms with Crippen molar-refractivity contribution in [3.63, 3.8) is 0 Å². The Kier molecular flexibility index (Phi) is 10.2. The minimum Gasteiger partial charge on any atom is -0.484 e. The zero-order valence-corrected chi connectivity index (χ0v) is 19.8. The van der Waals surface area contributed by atoms with Crippen molar-refractivity contribution >= 4 is 35.0 Å². The lowest BCUT2D eigenvalue weighted by atomic mass is 10.1. The lowest BCUT2D eigenvalue weighted by molar-refractivity contribution is -0.143. The topological polar surface area (TPSA) is 58.6 Å². The van der Waals surface area contributed by atoms with Crippen LogP contribution in [-0.4, -0.2) is 35.9 Å². The van der Waals surface area contributed by atoms with Gasteiger partial charge in [0.25, 0.3) is 5.91 Å². The Balaban J connectivity index is 2.19. The van der Waals surface area contributed by atoms with Crippen molar-refractivity contribution < 1.29 is 14.3 Å². The van der Waals surface area contributed by atoms with Crippen molar-refractivity contribution in [3.8, 4) is 5.75 Å². The maximum Gasteiger partial charge on any atom is 0.261 e. The van der Waals surface area contributed by atoms with Crippen LogP contribution in [0.15, 0.2) is 42.5 Å². The third-order valence-electron chi connectivity index (χ3n) is 4.94. The Labute approximate surface area is 194 Å². The van der Waals surface area contributed by atoms with Crippen molar-refractivity contribution in [2.24, 2.45) is 0 Å². The molecule has 0 bridgehead atoms. The van der Waals surface area contributed by atoms with Gasteiger partial charge in [0.15, 0.2) is 6.61 Å². The van der Waals surface area contributed by atoms with Gasteiger partial charge in [-0.25, -0.2) is 0 Å². The summed E-state index contributed by atoms with van der Waals surface area (Å²) in [5.74, 6) is 0.165. The molecule has 0 aliphatic carbocycles. The Morgan fingerprint density at radius 2 is 1.77 bits per heavy atom. The summed E-state index contributed by atoms with van der Waals surface area (Å²) in [6.07, 6.45) is 2.35. The van der Waals surface area contributed by atoms with Gasteiger partial charge in [-0.05, 0) is 49.6 Å². The van der Waals surface area contributed by atoms with E-state index in [1.807, 2.05) is 38.1 Å². The average molecular weight is 465 g/mol. The van der Waals surface area contributed by atoms with Gasteiger partial charge in [0.1, 0.15) is 11.8 Å². The van der Waals surface area contributed by atoms with Crippen LogP contribution in [0.5, 0.6) is 5.75 Å². The van der Waals surface area contributed by atoms with Gasteiger partial charge in [0.05, 0.1) is 10.0 Å². The molecule has 168 valence electrons. The van der Waals surface area contributed by atoms with Gasteiger partial charge < -0.3 is 15.0 Å². The Morgan fingerprint density at radius 1 is 1.06 bits per heavy atom. The number of rotatable bonds is 11. The second-order valence-corrected chi connectivity index (χ2v) is 8.25. The van der Waals surface area contributed by atoms with E-state index in [-0.39, 0.29) is 25.0 Å². The molecule has 0 aliphatic rings. The van der Waals surface area contributed by atoms with Gasteiger partial charge in [-0.2, -0.15) is 0 Å². The molecule has 0 saturated carbocycles. The van der Waals surface area contributed by atoms with E-state index < -0.39 is 6.04 Å². The Hall–Kier alpha value is -2.24. The molecule has 2 rings (SSSR count). The fraction of sp³-hybridized carbons (Fsp3) is 0.417. The van der Waals surface area contributed by atoms with E-state index in [9.17, 15) is 9.59 Å². The molecule has 7 heteroatoms. The van der Waals surface area contributed by atoms with Crippen molar-refractivity contribution in [2.45, 2.75) is 52.6 Å². The first-order valence-electron chi connectivity index (χ1n) is 10.6. The first-order valence-corrected chi connectivity index (χ1v) is 11.3. The summed E-state index contributed by atoms with van der Waals surface area (Å²) >= 11 is 12.2. The van der Waals surface area contributed by atoms with Gasteiger partial charge in [-0.15, -0.1) is 0 Å². The van der Waals surface area contributed by atoms with Crippen molar-refractivity contribution in [1.82, 2.24) is 10.2 Å². The first kappa shape index (κ1) is 25.0. The van der Waals surface area contributed by atoms with Crippen molar-refractivity contribution in [3.05, 3.63) is 63.6 Å². The zero-order valence-electron chi connectivity index (χ0n) is 18.3. The van der Waals surface area contributed by atoms with E-state index in [0.29, 0.717) is 28.8 Å². The highest BCUT2D eigenvalue weighted by atomic mass is 35.5. The highest BCUT2D eigenvalue weighted by molar-refractivity contribution is 6.42. The molecule has 31 heavy (non-hydrogen) atoms. The molecule has 0 spiro atoms. The highest BCUT2D eigenvalue weighted by Crippen LogP contribution is 2.24. The van der Waals surface area contributed by atoms with Crippen LogP contribution >= 0.6 is 23.2 Å². The average Bonchev–Trinajstić information content (AvgIpc) is 2.75. The molecule has 0 radical (unpaired) electrons. The third-order valence-corrected chi connectivity index (χ3v) is 5.67. The number of nitrogens with one attached hydrogen (secondary N) is 1. The fourth-order valence-corrected chi connectivity index (χ4v) is 3.44. The summed E-state index contributed by atoms with van der Waals surface area (Å²) in [7, 11) is 0. The number of hydrogen-bond donors (Lipinski definition) is 1. The predicted molar refractivity (Wildman–Crippen MR) is 126 cm³/mol. The van der Waals surface area contributed by atoms with Gasteiger partial charge in [0.2, 0.25) is 5.91 Å². The second-order valence-electron chi connectivity index (χ2n) is 7.44. The molecule has 5 nitrogen and oxygen atoms in total. The van der Waals surface area contributed by atoms with Crippen LogP contribution in [0.4, 0.5) is 0 Å². The molecule has 1 atom stereocenters. The lowest BCUT2D eigenvalue weighted by Gasteiger charge is -2.30. The number of unbranched alkanes of at least 4 members (excludes halogenated alkanes) is 1. The predicted octanol–water partition coefficient (Wildman–Crippen LogP) is 5.40. The summed E-state index contributed by atoms with van der Waals surface area (Å²) in [6.45, 7) is 6.58. The smallest absolute Gasteiger partial charge is 0.261 e. The van der Waals surface area contributed by atoms with E-state index in [1.165, 1.54) is 0 Å². The van der Waals surface area contributed by atoms with E-state index in [1.54, 1.807) is 23.1 Å². The number of aryl methyl sites for hydroxylation is 1.